The van der Waals surface area contributed by atoms with E-state index in [2.05, 4.69) is 57.8 Å². The van der Waals surface area contributed by atoms with E-state index in [1.165, 1.54) is 11.3 Å². The summed E-state index contributed by atoms with van der Waals surface area (Å²) in [6, 6.07) is 7.00. The lowest BCUT2D eigenvalue weighted by molar-refractivity contribution is 0.209. The Morgan fingerprint density at radius 1 is 1.22 bits per heavy atom. The van der Waals surface area contributed by atoms with Crippen LogP contribution in [0.5, 0.6) is 0 Å². The summed E-state index contributed by atoms with van der Waals surface area (Å²) in [6.45, 7) is 8.95. The minimum absolute atomic E-state index is 0.576. The monoisotopic (exact) mass is 330 g/mol. The van der Waals surface area contributed by atoms with Gasteiger partial charge in [0.25, 0.3) is 0 Å². The molecule has 2 rings (SSSR count). The summed E-state index contributed by atoms with van der Waals surface area (Å²) in [5, 5.41) is 0. The highest BCUT2D eigenvalue weighted by atomic mass is 79.9. The number of nitrogens with zero attached hydrogens (tertiary/aromatic N) is 2. The number of halogens is 2. The zero-order valence-electron chi connectivity index (χ0n) is 11.0. The fourth-order valence-corrected chi connectivity index (χ4v) is 3.00. The molecule has 0 radical (unpaired) electrons. The Hall–Kier alpha value is -0.250. The smallest absolute Gasteiger partial charge is 0.0494 e. The molecule has 0 unspecified atom stereocenters. The van der Waals surface area contributed by atoms with Gasteiger partial charge in [-0.3, -0.25) is 4.90 Å². The lowest BCUT2D eigenvalue weighted by atomic mass is 10.1. The molecule has 1 aromatic rings. The summed E-state index contributed by atoms with van der Waals surface area (Å²) in [4.78, 5) is 4.97. The predicted molar refractivity (Wildman–Crippen MR) is 82.6 cm³/mol. The van der Waals surface area contributed by atoms with Crippen molar-refractivity contribution in [2.24, 2.45) is 0 Å². The van der Waals surface area contributed by atoms with E-state index >= 15 is 0 Å². The molecule has 1 saturated heterocycles. The lowest BCUT2D eigenvalue weighted by Gasteiger charge is -2.38. The molecule has 4 heteroatoms. The average Bonchev–Trinajstić information content (AvgIpc) is 2.39. The number of alkyl halides is 1. The number of hydrogen-bond acceptors (Lipinski definition) is 2. The van der Waals surface area contributed by atoms with E-state index in [-0.39, 0.29) is 0 Å². The first-order chi connectivity index (χ1) is 8.61. The van der Waals surface area contributed by atoms with Crippen LogP contribution in [0.1, 0.15) is 19.4 Å². The van der Waals surface area contributed by atoms with Gasteiger partial charge in [-0.25, -0.2) is 0 Å². The van der Waals surface area contributed by atoms with E-state index in [4.69, 9.17) is 11.6 Å². The molecule has 18 heavy (non-hydrogen) atoms. The van der Waals surface area contributed by atoms with Crippen molar-refractivity contribution in [2.45, 2.75) is 25.8 Å². The second-order valence-electron chi connectivity index (χ2n) is 5.02. The van der Waals surface area contributed by atoms with E-state index in [0.717, 1.165) is 30.7 Å². The quantitative estimate of drug-likeness (QED) is 0.779. The summed E-state index contributed by atoms with van der Waals surface area (Å²) in [7, 11) is 0. The fourth-order valence-electron chi connectivity index (χ4n) is 2.42. The molecule has 0 N–H and O–H groups in total. The highest BCUT2D eigenvalue weighted by Crippen LogP contribution is 2.27. The van der Waals surface area contributed by atoms with Gasteiger partial charge in [0.2, 0.25) is 0 Å². The first-order valence-corrected chi connectivity index (χ1v) is 7.78. The first-order valence-electron chi connectivity index (χ1n) is 6.45. The molecular weight excluding hydrogens is 312 g/mol. The zero-order chi connectivity index (χ0) is 13.1. The summed E-state index contributed by atoms with van der Waals surface area (Å²) >= 11 is 9.58. The topological polar surface area (TPSA) is 6.48 Å². The number of hydrogen-bond donors (Lipinski definition) is 0. The fraction of sp³-hybridized carbons (Fsp3) is 0.571. The lowest BCUT2D eigenvalue weighted by Crippen LogP contribution is -2.49. The van der Waals surface area contributed by atoms with Crippen molar-refractivity contribution in [1.82, 2.24) is 4.90 Å². The van der Waals surface area contributed by atoms with Crippen molar-refractivity contribution in [1.29, 1.82) is 0 Å². The van der Waals surface area contributed by atoms with Crippen LogP contribution in [0.4, 0.5) is 5.69 Å². The Morgan fingerprint density at radius 2 is 1.89 bits per heavy atom. The third kappa shape index (κ3) is 3.19. The van der Waals surface area contributed by atoms with Crippen LogP contribution >= 0.6 is 27.5 Å². The van der Waals surface area contributed by atoms with Crippen molar-refractivity contribution in [3.63, 3.8) is 0 Å². The predicted octanol–water partition coefficient (Wildman–Crippen LogP) is 3.72. The molecule has 100 valence electrons. The van der Waals surface area contributed by atoms with Crippen molar-refractivity contribution >= 4 is 33.2 Å². The molecule has 0 amide bonds. The maximum Gasteiger partial charge on any atom is 0.0494 e. The van der Waals surface area contributed by atoms with Crippen LogP contribution in [0, 0.1) is 0 Å². The third-order valence-electron chi connectivity index (χ3n) is 3.58. The summed E-state index contributed by atoms with van der Waals surface area (Å²) in [5.74, 6) is 0.576. The van der Waals surface area contributed by atoms with Gasteiger partial charge in [-0.05, 0) is 31.5 Å². The second-order valence-corrected chi connectivity index (χ2v) is 6.21. The number of anilines is 1. The Bertz CT molecular complexity index is 401. The number of piperazine rings is 1. The SMILES string of the molecule is CC(C)N1CCN(c2cc(Br)ccc2CCl)CC1. The molecule has 0 spiro atoms. The molecule has 0 atom stereocenters. The third-order valence-corrected chi connectivity index (χ3v) is 4.36. The van der Waals surface area contributed by atoms with E-state index in [1.54, 1.807) is 0 Å². The van der Waals surface area contributed by atoms with Gasteiger partial charge in [0.15, 0.2) is 0 Å². The van der Waals surface area contributed by atoms with E-state index in [1.807, 2.05) is 0 Å². The molecule has 2 nitrogen and oxygen atoms in total. The van der Waals surface area contributed by atoms with Gasteiger partial charge in [-0.15, -0.1) is 11.6 Å². The molecule has 0 aromatic heterocycles. The Kier molecular flexibility index (Phi) is 4.93. The molecule has 1 fully saturated rings. The van der Waals surface area contributed by atoms with Gasteiger partial charge in [0.05, 0.1) is 0 Å². The van der Waals surface area contributed by atoms with Crippen molar-refractivity contribution in [3.8, 4) is 0 Å². The van der Waals surface area contributed by atoms with Crippen molar-refractivity contribution in [2.75, 3.05) is 31.1 Å². The van der Waals surface area contributed by atoms with Crippen LogP contribution in [0.2, 0.25) is 0 Å². The van der Waals surface area contributed by atoms with Gasteiger partial charge in [0, 0.05) is 48.3 Å². The van der Waals surface area contributed by atoms with E-state index in [0.29, 0.717) is 11.9 Å². The normalized spacial score (nSPS) is 17.5. The van der Waals surface area contributed by atoms with Gasteiger partial charge in [-0.1, -0.05) is 22.0 Å². The maximum absolute atomic E-state index is 6.03. The van der Waals surface area contributed by atoms with E-state index < -0.39 is 0 Å². The van der Waals surface area contributed by atoms with Crippen molar-refractivity contribution in [3.05, 3.63) is 28.2 Å². The Morgan fingerprint density at radius 3 is 2.44 bits per heavy atom. The summed E-state index contributed by atoms with van der Waals surface area (Å²) in [5.41, 5.74) is 2.50. The molecule has 0 aliphatic carbocycles. The molecule has 0 saturated carbocycles. The van der Waals surface area contributed by atoms with Crippen LogP contribution in [0.3, 0.4) is 0 Å². The number of benzene rings is 1. The first kappa shape index (κ1) is 14.2. The molecule has 1 heterocycles. The highest BCUT2D eigenvalue weighted by molar-refractivity contribution is 9.10. The molecule has 0 bridgehead atoms. The van der Waals surface area contributed by atoms with Gasteiger partial charge in [0.1, 0.15) is 0 Å². The van der Waals surface area contributed by atoms with Gasteiger partial charge >= 0.3 is 0 Å². The molecular formula is C14H20BrClN2. The van der Waals surface area contributed by atoms with Crippen LogP contribution in [-0.2, 0) is 5.88 Å². The zero-order valence-corrected chi connectivity index (χ0v) is 13.3. The standard InChI is InChI=1S/C14H20BrClN2/c1-11(2)17-5-7-18(8-6-17)14-9-13(15)4-3-12(14)10-16/h3-4,9,11H,5-8,10H2,1-2H3. The summed E-state index contributed by atoms with van der Waals surface area (Å²) in [6.07, 6.45) is 0. The maximum atomic E-state index is 6.03. The van der Waals surface area contributed by atoms with Crippen LogP contribution in [-0.4, -0.2) is 37.1 Å². The minimum Gasteiger partial charge on any atom is -0.369 e. The average molecular weight is 332 g/mol. The van der Waals surface area contributed by atoms with Crippen LogP contribution in [0.25, 0.3) is 0 Å². The van der Waals surface area contributed by atoms with Gasteiger partial charge in [-0.2, -0.15) is 0 Å². The van der Waals surface area contributed by atoms with Crippen molar-refractivity contribution < 1.29 is 0 Å². The molecule has 1 aliphatic heterocycles. The van der Waals surface area contributed by atoms with Crippen LogP contribution in [0.15, 0.2) is 22.7 Å². The second kappa shape index (κ2) is 6.27. The Balaban J connectivity index is 2.11. The minimum atomic E-state index is 0.576. The Labute approximate surface area is 123 Å². The molecule has 1 aromatic carbocycles. The van der Waals surface area contributed by atoms with Crippen LogP contribution < -0.4 is 4.90 Å². The highest BCUT2D eigenvalue weighted by Gasteiger charge is 2.20. The summed E-state index contributed by atoms with van der Waals surface area (Å²) < 4.78 is 1.12. The molecule has 1 aliphatic rings. The van der Waals surface area contributed by atoms with Gasteiger partial charge < -0.3 is 4.90 Å². The number of rotatable bonds is 3. The van der Waals surface area contributed by atoms with E-state index in [9.17, 15) is 0 Å². The largest absolute Gasteiger partial charge is 0.369 e.